The molecule has 2 aromatic rings. The Morgan fingerprint density at radius 1 is 1.05 bits per heavy atom. The van der Waals surface area contributed by atoms with E-state index >= 15 is 0 Å². The van der Waals surface area contributed by atoms with Crippen molar-refractivity contribution < 1.29 is 18.8 Å². The van der Waals surface area contributed by atoms with Crippen LogP contribution in [0.1, 0.15) is 37.8 Å². The van der Waals surface area contributed by atoms with Crippen LogP contribution >= 0.6 is 0 Å². The third kappa shape index (κ3) is 6.57. The van der Waals surface area contributed by atoms with Gasteiger partial charge in [0.15, 0.2) is 0 Å². The monoisotopic (exact) mass is 523 g/mol. The molecule has 3 unspecified atom stereocenters. The van der Waals surface area contributed by atoms with Gasteiger partial charge in [-0.25, -0.2) is 9.40 Å². The summed E-state index contributed by atoms with van der Waals surface area (Å²) in [6.07, 6.45) is 1.68. The van der Waals surface area contributed by atoms with Gasteiger partial charge < -0.3 is 10.6 Å². The molecule has 2 heterocycles. The third-order valence-electron chi connectivity index (χ3n) is 7.31. The Kier molecular flexibility index (Phi) is 9.12. The average molecular weight is 524 g/mol. The van der Waals surface area contributed by atoms with Gasteiger partial charge >= 0.3 is 0 Å². The van der Waals surface area contributed by atoms with Crippen LogP contribution in [0.4, 0.5) is 4.39 Å². The Morgan fingerprint density at radius 2 is 1.76 bits per heavy atom. The smallest absolute Gasteiger partial charge is 0.259 e. The standard InChI is InChI=1S/C29H38FN5O3/c1-20(2)16-34-19-35(29(38)26(34)15-21-7-4-3-5-8-21)32-27(36)25-18-33(28(37)24(25)9-6-14-31)17-22-10-12-23(30)13-11-22/h3-5,7-8,10-13,20,24-26H,6,9,14-19,31H2,1-2H3,(H,32,36). The van der Waals surface area contributed by atoms with Crippen molar-refractivity contribution in [1.29, 1.82) is 0 Å². The van der Waals surface area contributed by atoms with Gasteiger partial charge in [-0.15, -0.1) is 0 Å². The summed E-state index contributed by atoms with van der Waals surface area (Å²) >= 11 is 0. The Hall–Kier alpha value is -3.30. The van der Waals surface area contributed by atoms with Gasteiger partial charge in [-0.1, -0.05) is 56.3 Å². The highest BCUT2D eigenvalue weighted by Gasteiger charge is 2.46. The van der Waals surface area contributed by atoms with E-state index in [4.69, 9.17) is 5.73 Å². The second kappa shape index (κ2) is 12.5. The number of carbonyl (C=O) groups is 3. The quantitative estimate of drug-likeness (QED) is 0.472. The van der Waals surface area contributed by atoms with E-state index in [1.807, 2.05) is 30.3 Å². The van der Waals surface area contributed by atoms with E-state index < -0.39 is 11.8 Å². The highest BCUT2D eigenvalue weighted by Crippen LogP contribution is 2.31. The number of halogens is 1. The molecule has 8 nitrogen and oxygen atoms in total. The maximum absolute atomic E-state index is 13.5. The highest BCUT2D eigenvalue weighted by molar-refractivity contribution is 5.93. The Labute approximate surface area is 223 Å². The first-order valence-electron chi connectivity index (χ1n) is 13.4. The molecule has 2 fully saturated rings. The van der Waals surface area contributed by atoms with E-state index in [1.54, 1.807) is 17.0 Å². The number of hydrazine groups is 1. The molecular formula is C29H38FN5O3. The van der Waals surface area contributed by atoms with Crippen LogP contribution < -0.4 is 11.2 Å². The van der Waals surface area contributed by atoms with E-state index in [2.05, 4.69) is 24.2 Å². The van der Waals surface area contributed by atoms with Crippen molar-refractivity contribution in [2.24, 2.45) is 23.5 Å². The molecule has 0 saturated carbocycles. The van der Waals surface area contributed by atoms with Crippen molar-refractivity contribution in [2.45, 2.75) is 45.7 Å². The van der Waals surface area contributed by atoms with Crippen LogP contribution in [0.25, 0.3) is 0 Å². The molecule has 204 valence electrons. The Bertz CT molecular complexity index is 1110. The molecule has 2 saturated heterocycles. The molecular weight excluding hydrogens is 485 g/mol. The summed E-state index contributed by atoms with van der Waals surface area (Å²) < 4.78 is 13.3. The van der Waals surface area contributed by atoms with Crippen molar-refractivity contribution in [3.8, 4) is 0 Å². The fourth-order valence-corrected chi connectivity index (χ4v) is 5.44. The largest absolute Gasteiger partial charge is 0.337 e. The Balaban J connectivity index is 1.47. The van der Waals surface area contributed by atoms with Crippen LogP contribution in [0.3, 0.4) is 0 Å². The number of benzene rings is 2. The molecule has 2 aliphatic heterocycles. The molecule has 4 rings (SSSR count). The zero-order valence-electron chi connectivity index (χ0n) is 22.2. The summed E-state index contributed by atoms with van der Waals surface area (Å²) in [7, 11) is 0. The van der Waals surface area contributed by atoms with Crippen LogP contribution in [-0.4, -0.2) is 64.9 Å². The summed E-state index contributed by atoms with van der Waals surface area (Å²) in [5.41, 5.74) is 10.4. The minimum Gasteiger partial charge on any atom is -0.337 e. The van der Waals surface area contributed by atoms with E-state index in [1.165, 1.54) is 17.1 Å². The summed E-state index contributed by atoms with van der Waals surface area (Å²) in [5.74, 6) is -1.69. The SMILES string of the molecule is CC(C)CN1CN(NC(=O)C2CN(Cc3ccc(F)cc3)C(=O)C2CCCN)C(=O)C1Cc1ccccc1. The third-order valence-corrected chi connectivity index (χ3v) is 7.31. The van der Waals surface area contributed by atoms with Crippen LogP contribution in [0, 0.1) is 23.6 Å². The van der Waals surface area contributed by atoms with E-state index in [-0.39, 0.29) is 36.1 Å². The van der Waals surface area contributed by atoms with Gasteiger partial charge in [0.05, 0.1) is 24.5 Å². The zero-order valence-corrected chi connectivity index (χ0v) is 22.2. The molecule has 0 aromatic heterocycles. The predicted octanol–water partition coefficient (Wildman–Crippen LogP) is 2.54. The number of hydrogen-bond donors (Lipinski definition) is 2. The first kappa shape index (κ1) is 27.7. The molecule has 0 spiro atoms. The number of carbonyl (C=O) groups excluding carboxylic acids is 3. The number of likely N-dealkylation sites (tertiary alicyclic amines) is 1. The second-order valence-corrected chi connectivity index (χ2v) is 10.7. The minimum atomic E-state index is -0.603. The van der Waals surface area contributed by atoms with Gasteiger partial charge in [-0.05, 0) is 55.0 Å². The van der Waals surface area contributed by atoms with Crippen molar-refractivity contribution in [3.63, 3.8) is 0 Å². The lowest BCUT2D eigenvalue weighted by Gasteiger charge is -2.24. The first-order chi connectivity index (χ1) is 18.3. The van der Waals surface area contributed by atoms with E-state index in [0.717, 1.165) is 17.7 Å². The van der Waals surface area contributed by atoms with Gasteiger partial charge in [0.1, 0.15) is 5.82 Å². The Morgan fingerprint density at radius 3 is 2.42 bits per heavy atom. The fourth-order valence-electron chi connectivity index (χ4n) is 5.44. The molecule has 3 N–H and O–H groups in total. The van der Waals surface area contributed by atoms with Gasteiger partial charge in [-0.2, -0.15) is 0 Å². The van der Waals surface area contributed by atoms with Gasteiger partial charge in [0.25, 0.3) is 5.91 Å². The lowest BCUT2D eigenvalue weighted by Crippen LogP contribution is -2.48. The molecule has 3 atom stereocenters. The lowest BCUT2D eigenvalue weighted by molar-refractivity contribution is -0.141. The molecule has 3 amide bonds. The van der Waals surface area contributed by atoms with Gasteiger partial charge in [-0.3, -0.25) is 24.7 Å². The molecule has 2 aliphatic rings. The van der Waals surface area contributed by atoms with Gasteiger partial charge in [0.2, 0.25) is 11.8 Å². The maximum Gasteiger partial charge on any atom is 0.259 e. The molecule has 0 radical (unpaired) electrons. The highest BCUT2D eigenvalue weighted by atomic mass is 19.1. The van der Waals surface area contributed by atoms with Crippen LogP contribution in [0.5, 0.6) is 0 Å². The summed E-state index contributed by atoms with van der Waals surface area (Å²) in [6.45, 7) is 6.19. The average Bonchev–Trinajstić information content (AvgIpc) is 3.35. The van der Waals surface area contributed by atoms with Crippen LogP contribution in [-0.2, 0) is 27.3 Å². The number of amides is 3. The number of nitrogens with one attached hydrogen (secondary N) is 1. The first-order valence-corrected chi connectivity index (χ1v) is 13.4. The lowest BCUT2D eigenvalue weighted by atomic mass is 9.90. The second-order valence-electron chi connectivity index (χ2n) is 10.7. The van der Waals surface area contributed by atoms with Gasteiger partial charge in [0, 0.05) is 19.6 Å². The molecule has 38 heavy (non-hydrogen) atoms. The summed E-state index contributed by atoms with van der Waals surface area (Å²) in [6, 6.07) is 15.5. The normalized spacial score (nSPS) is 22.1. The van der Waals surface area contributed by atoms with Crippen molar-refractivity contribution in [1.82, 2.24) is 20.2 Å². The molecule has 2 aromatic carbocycles. The molecule has 0 bridgehead atoms. The molecule has 9 heteroatoms. The number of rotatable bonds is 11. The topological polar surface area (TPSA) is 99.0 Å². The van der Waals surface area contributed by atoms with Crippen molar-refractivity contribution >= 4 is 17.7 Å². The minimum absolute atomic E-state index is 0.112. The van der Waals surface area contributed by atoms with Crippen LogP contribution in [0.15, 0.2) is 54.6 Å². The maximum atomic E-state index is 13.5. The summed E-state index contributed by atoms with van der Waals surface area (Å²) in [4.78, 5) is 44.0. The van der Waals surface area contributed by atoms with Crippen molar-refractivity contribution in [2.75, 3.05) is 26.3 Å². The molecule has 0 aliphatic carbocycles. The van der Waals surface area contributed by atoms with Crippen molar-refractivity contribution in [3.05, 3.63) is 71.5 Å². The summed E-state index contributed by atoms with van der Waals surface area (Å²) in [5, 5.41) is 1.41. The predicted molar refractivity (Wildman–Crippen MR) is 142 cm³/mol. The number of hydrogen-bond acceptors (Lipinski definition) is 5. The van der Waals surface area contributed by atoms with Crippen LogP contribution in [0.2, 0.25) is 0 Å². The van der Waals surface area contributed by atoms with E-state index in [0.29, 0.717) is 44.9 Å². The number of nitrogens with two attached hydrogens (primary N) is 1. The fraction of sp³-hybridized carbons (Fsp3) is 0.483. The number of nitrogens with zero attached hydrogens (tertiary/aromatic N) is 3. The van der Waals surface area contributed by atoms with E-state index in [9.17, 15) is 18.8 Å². The zero-order chi connectivity index (χ0) is 27.2.